The Morgan fingerprint density at radius 3 is 2.79 bits per heavy atom. The second-order valence-electron chi connectivity index (χ2n) is 4.07. The van der Waals surface area contributed by atoms with Gasteiger partial charge in [0.2, 0.25) is 11.1 Å². The summed E-state index contributed by atoms with van der Waals surface area (Å²) in [5.41, 5.74) is 1.08. The molecule has 0 saturated carbocycles. The Morgan fingerprint density at radius 1 is 1.42 bits per heavy atom. The highest BCUT2D eigenvalue weighted by atomic mass is 32.2. The lowest BCUT2D eigenvalue weighted by molar-refractivity contribution is -0.119. The van der Waals surface area contributed by atoms with E-state index in [2.05, 4.69) is 20.8 Å². The van der Waals surface area contributed by atoms with Crippen molar-refractivity contribution in [3.05, 3.63) is 35.9 Å². The summed E-state index contributed by atoms with van der Waals surface area (Å²) in [5.74, 6) is 0.259. The normalized spacial score (nSPS) is 12.1. The summed E-state index contributed by atoms with van der Waals surface area (Å²) >= 11 is 1.31. The van der Waals surface area contributed by atoms with Crippen molar-refractivity contribution >= 4 is 17.7 Å². The molecule has 0 aliphatic rings. The standard InChI is InChI=1S/C12H15N5OS/c1-9(10-6-4-3-5-7-10)13-11(18)8-19-12-14-15-16-17(12)2/h3-7,9H,8H2,1-2H3,(H,13,18). The zero-order valence-corrected chi connectivity index (χ0v) is 11.6. The predicted molar refractivity (Wildman–Crippen MR) is 72.5 cm³/mol. The maximum absolute atomic E-state index is 11.8. The SMILES string of the molecule is CC(NC(=O)CSc1nnnn1C)c1ccccc1. The molecule has 2 aromatic rings. The molecule has 1 aromatic carbocycles. The molecular formula is C12H15N5OS. The van der Waals surface area contributed by atoms with Crippen molar-refractivity contribution in [2.24, 2.45) is 7.05 Å². The van der Waals surface area contributed by atoms with E-state index < -0.39 is 0 Å². The van der Waals surface area contributed by atoms with Crippen LogP contribution in [0.4, 0.5) is 0 Å². The Labute approximate surface area is 115 Å². The Kier molecular flexibility index (Phi) is 4.51. The second-order valence-corrected chi connectivity index (χ2v) is 5.02. The van der Waals surface area contributed by atoms with Gasteiger partial charge in [0, 0.05) is 7.05 Å². The van der Waals surface area contributed by atoms with Gasteiger partial charge in [-0.05, 0) is 22.9 Å². The topological polar surface area (TPSA) is 72.7 Å². The van der Waals surface area contributed by atoms with E-state index in [0.29, 0.717) is 10.9 Å². The van der Waals surface area contributed by atoms with Crippen molar-refractivity contribution in [3.8, 4) is 0 Å². The van der Waals surface area contributed by atoms with Crippen molar-refractivity contribution in [1.82, 2.24) is 25.5 Å². The van der Waals surface area contributed by atoms with Gasteiger partial charge in [-0.25, -0.2) is 4.68 Å². The highest BCUT2D eigenvalue weighted by Gasteiger charge is 2.11. The molecule has 0 fully saturated rings. The van der Waals surface area contributed by atoms with Crippen LogP contribution in [0.1, 0.15) is 18.5 Å². The van der Waals surface area contributed by atoms with Crippen LogP contribution in [0.3, 0.4) is 0 Å². The average molecular weight is 277 g/mol. The van der Waals surface area contributed by atoms with Crippen molar-refractivity contribution in [2.45, 2.75) is 18.1 Å². The van der Waals surface area contributed by atoms with E-state index in [-0.39, 0.29) is 11.9 Å². The fourth-order valence-corrected chi connectivity index (χ4v) is 2.24. The number of carbonyl (C=O) groups excluding carboxylic acids is 1. The summed E-state index contributed by atoms with van der Waals surface area (Å²) < 4.78 is 1.54. The molecule has 0 aliphatic heterocycles. The second kappa shape index (κ2) is 6.33. The Hall–Kier alpha value is -1.89. The summed E-state index contributed by atoms with van der Waals surface area (Å²) in [4.78, 5) is 11.8. The molecule has 0 spiro atoms. The fourth-order valence-electron chi connectivity index (χ4n) is 1.58. The lowest BCUT2D eigenvalue weighted by atomic mass is 10.1. The highest BCUT2D eigenvalue weighted by molar-refractivity contribution is 7.99. The van der Waals surface area contributed by atoms with E-state index in [0.717, 1.165) is 5.56 Å². The highest BCUT2D eigenvalue weighted by Crippen LogP contribution is 2.14. The van der Waals surface area contributed by atoms with Gasteiger partial charge < -0.3 is 5.32 Å². The van der Waals surface area contributed by atoms with Crippen LogP contribution in [0.15, 0.2) is 35.5 Å². The smallest absolute Gasteiger partial charge is 0.230 e. The Morgan fingerprint density at radius 2 is 2.16 bits per heavy atom. The Bertz CT molecular complexity index is 542. The molecule has 0 radical (unpaired) electrons. The van der Waals surface area contributed by atoms with Crippen LogP contribution in [-0.2, 0) is 11.8 Å². The maximum Gasteiger partial charge on any atom is 0.230 e. The van der Waals surface area contributed by atoms with E-state index in [1.165, 1.54) is 11.8 Å². The molecule has 19 heavy (non-hydrogen) atoms. The lowest BCUT2D eigenvalue weighted by Gasteiger charge is -2.13. The van der Waals surface area contributed by atoms with Crippen molar-refractivity contribution in [2.75, 3.05) is 5.75 Å². The molecule has 0 saturated heterocycles. The van der Waals surface area contributed by atoms with Crippen LogP contribution >= 0.6 is 11.8 Å². The molecule has 0 aliphatic carbocycles. The molecule has 1 N–H and O–H groups in total. The molecule has 0 bridgehead atoms. The molecule has 1 aromatic heterocycles. The van der Waals surface area contributed by atoms with E-state index in [4.69, 9.17) is 0 Å². The maximum atomic E-state index is 11.8. The van der Waals surface area contributed by atoms with Crippen molar-refractivity contribution < 1.29 is 4.79 Å². The number of rotatable bonds is 5. The molecule has 1 amide bonds. The minimum Gasteiger partial charge on any atom is -0.349 e. The third kappa shape index (κ3) is 3.78. The predicted octanol–water partition coefficient (Wildman–Crippen LogP) is 1.18. The number of aryl methyl sites for hydroxylation is 1. The van der Waals surface area contributed by atoms with E-state index in [1.807, 2.05) is 37.3 Å². The van der Waals surface area contributed by atoms with Crippen LogP contribution in [0, 0.1) is 0 Å². The number of tetrazole rings is 1. The number of hydrogen-bond acceptors (Lipinski definition) is 5. The monoisotopic (exact) mass is 277 g/mol. The molecular weight excluding hydrogens is 262 g/mol. The first kappa shape index (κ1) is 13.5. The first-order valence-corrected chi connectivity index (χ1v) is 6.85. The van der Waals surface area contributed by atoms with Gasteiger partial charge in [0.15, 0.2) is 0 Å². The van der Waals surface area contributed by atoms with Crippen molar-refractivity contribution in [1.29, 1.82) is 0 Å². The summed E-state index contributed by atoms with van der Waals surface area (Å²) in [6.07, 6.45) is 0. The first-order valence-electron chi connectivity index (χ1n) is 5.86. The fraction of sp³-hybridized carbons (Fsp3) is 0.333. The molecule has 100 valence electrons. The molecule has 1 heterocycles. The van der Waals surface area contributed by atoms with Crippen LogP contribution in [0.5, 0.6) is 0 Å². The number of thioether (sulfide) groups is 1. The van der Waals surface area contributed by atoms with Crippen LogP contribution in [0.25, 0.3) is 0 Å². The summed E-state index contributed by atoms with van der Waals surface area (Å²) in [7, 11) is 1.74. The molecule has 2 rings (SSSR count). The van der Waals surface area contributed by atoms with E-state index in [9.17, 15) is 4.79 Å². The molecule has 7 heteroatoms. The van der Waals surface area contributed by atoms with E-state index in [1.54, 1.807) is 11.7 Å². The summed E-state index contributed by atoms with van der Waals surface area (Å²) in [6, 6.07) is 9.84. The quantitative estimate of drug-likeness (QED) is 0.831. The number of nitrogens with one attached hydrogen (secondary N) is 1. The third-order valence-electron chi connectivity index (χ3n) is 2.59. The minimum atomic E-state index is -0.0376. The molecule has 1 atom stereocenters. The van der Waals surface area contributed by atoms with Crippen LogP contribution < -0.4 is 5.32 Å². The largest absolute Gasteiger partial charge is 0.349 e. The van der Waals surface area contributed by atoms with E-state index >= 15 is 0 Å². The number of aromatic nitrogens is 4. The Balaban J connectivity index is 1.83. The summed E-state index contributed by atoms with van der Waals surface area (Å²) in [5, 5.41) is 14.6. The van der Waals surface area contributed by atoms with Gasteiger partial charge in [0.25, 0.3) is 0 Å². The van der Waals surface area contributed by atoms with Gasteiger partial charge in [-0.15, -0.1) is 5.10 Å². The molecule has 6 nitrogen and oxygen atoms in total. The summed E-state index contributed by atoms with van der Waals surface area (Å²) in [6.45, 7) is 1.96. The van der Waals surface area contributed by atoms with Gasteiger partial charge in [0.05, 0.1) is 11.8 Å². The number of benzene rings is 1. The zero-order valence-electron chi connectivity index (χ0n) is 10.8. The number of carbonyl (C=O) groups is 1. The number of hydrogen-bond donors (Lipinski definition) is 1. The van der Waals surface area contributed by atoms with Gasteiger partial charge in [0.1, 0.15) is 0 Å². The first-order chi connectivity index (χ1) is 9.16. The van der Waals surface area contributed by atoms with Gasteiger partial charge in [-0.1, -0.05) is 42.1 Å². The minimum absolute atomic E-state index is 0.00748. The zero-order chi connectivity index (χ0) is 13.7. The van der Waals surface area contributed by atoms with Gasteiger partial charge >= 0.3 is 0 Å². The lowest BCUT2D eigenvalue weighted by Crippen LogP contribution is -2.28. The van der Waals surface area contributed by atoms with Crippen molar-refractivity contribution in [3.63, 3.8) is 0 Å². The van der Waals surface area contributed by atoms with Crippen LogP contribution in [-0.4, -0.2) is 31.9 Å². The van der Waals surface area contributed by atoms with Gasteiger partial charge in [-0.2, -0.15) is 0 Å². The number of amides is 1. The number of nitrogens with zero attached hydrogens (tertiary/aromatic N) is 4. The van der Waals surface area contributed by atoms with Gasteiger partial charge in [-0.3, -0.25) is 4.79 Å². The van der Waals surface area contributed by atoms with Crippen LogP contribution in [0.2, 0.25) is 0 Å². The molecule has 1 unspecified atom stereocenters. The average Bonchev–Trinajstić information content (AvgIpc) is 2.83. The third-order valence-corrected chi connectivity index (χ3v) is 3.60.